The lowest BCUT2D eigenvalue weighted by Crippen LogP contribution is -2.13. The first-order valence-corrected chi connectivity index (χ1v) is 7.40. The molecule has 0 saturated carbocycles. The average molecular weight is 201 g/mol. The molecule has 1 radical (unpaired) electrons. The van der Waals surface area contributed by atoms with Crippen LogP contribution in [0.25, 0.3) is 6.08 Å². The van der Waals surface area contributed by atoms with Crippen molar-refractivity contribution in [2.45, 2.75) is 32.4 Å². The van der Waals surface area contributed by atoms with Crippen LogP contribution in [0.15, 0.2) is 29.5 Å². The van der Waals surface area contributed by atoms with Crippen LogP contribution in [-0.2, 0) is 6.42 Å². The molecule has 1 heteroatoms. The van der Waals surface area contributed by atoms with Crippen molar-refractivity contribution in [1.82, 2.24) is 0 Å². The monoisotopic (exact) mass is 201 g/mol. The number of benzene rings is 1. The maximum absolute atomic E-state index is 2.44. The Balaban J connectivity index is 2.22. The summed E-state index contributed by atoms with van der Waals surface area (Å²) in [7, 11) is -0.206. The average Bonchev–Trinajstić information content (AvgIpc) is 2.63. The van der Waals surface area contributed by atoms with E-state index in [-0.39, 0.29) is 8.80 Å². The second-order valence-electron chi connectivity index (χ2n) is 3.86. The molecule has 73 valence electrons. The van der Waals surface area contributed by atoms with Crippen LogP contribution in [0.3, 0.4) is 0 Å². The normalized spacial score (nSPS) is 14.4. The molecule has 0 amide bonds. The van der Waals surface area contributed by atoms with Gasteiger partial charge in [0, 0.05) is 0 Å². The Labute approximate surface area is 88.3 Å². The van der Waals surface area contributed by atoms with Gasteiger partial charge in [-0.1, -0.05) is 61.5 Å². The molecule has 0 aliphatic heterocycles. The highest BCUT2D eigenvalue weighted by molar-refractivity contribution is 6.67. The Kier molecular flexibility index (Phi) is 2.87. The number of rotatable bonds is 3. The highest BCUT2D eigenvalue weighted by Crippen LogP contribution is 2.28. The lowest BCUT2D eigenvalue weighted by atomic mass is 10.1. The molecule has 1 aromatic carbocycles. The Morgan fingerprint density at radius 2 is 1.86 bits per heavy atom. The summed E-state index contributed by atoms with van der Waals surface area (Å²) in [6, 6.07) is 11.6. The molecule has 0 fully saturated rings. The summed E-state index contributed by atoms with van der Waals surface area (Å²) in [5.74, 6) is 0. The zero-order valence-electron chi connectivity index (χ0n) is 9.01. The Bertz CT molecular complexity index is 348. The zero-order chi connectivity index (χ0) is 9.97. The molecular formula is C13H17Si. The van der Waals surface area contributed by atoms with E-state index in [1.165, 1.54) is 29.6 Å². The van der Waals surface area contributed by atoms with E-state index in [4.69, 9.17) is 0 Å². The lowest BCUT2D eigenvalue weighted by molar-refractivity contribution is 1.23. The van der Waals surface area contributed by atoms with Crippen LogP contribution in [0, 0.1) is 0 Å². The standard InChI is InChI=1S/C13H17Si/c1-3-14(4-2)13-9-11-7-5-6-8-12(11)10-13/h5-9H,3-4,10H2,1-2H3. The fourth-order valence-electron chi connectivity index (χ4n) is 2.21. The molecule has 1 aliphatic rings. The van der Waals surface area contributed by atoms with Gasteiger partial charge in [-0.05, 0) is 17.5 Å². The Morgan fingerprint density at radius 1 is 1.14 bits per heavy atom. The van der Waals surface area contributed by atoms with E-state index >= 15 is 0 Å². The second kappa shape index (κ2) is 4.14. The van der Waals surface area contributed by atoms with E-state index < -0.39 is 0 Å². The molecule has 0 unspecified atom stereocenters. The molecular weight excluding hydrogens is 184 g/mol. The summed E-state index contributed by atoms with van der Waals surface area (Å²) in [6.45, 7) is 4.67. The van der Waals surface area contributed by atoms with Gasteiger partial charge in [-0.3, -0.25) is 0 Å². The van der Waals surface area contributed by atoms with Crippen molar-refractivity contribution in [1.29, 1.82) is 0 Å². The molecule has 0 atom stereocenters. The maximum Gasteiger partial charge on any atom is 0.0801 e. The SMILES string of the molecule is CC[Si](CC)C1=Cc2ccccc2C1. The van der Waals surface area contributed by atoms with Gasteiger partial charge in [-0.2, -0.15) is 0 Å². The minimum atomic E-state index is -0.206. The highest BCUT2D eigenvalue weighted by Gasteiger charge is 2.18. The van der Waals surface area contributed by atoms with Crippen molar-refractivity contribution in [3.63, 3.8) is 0 Å². The van der Waals surface area contributed by atoms with E-state index in [1.807, 2.05) is 0 Å². The van der Waals surface area contributed by atoms with Gasteiger partial charge in [-0.15, -0.1) is 0 Å². The lowest BCUT2D eigenvalue weighted by Gasteiger charge is -2.10. The smallest absolute Gasteiger partial charge is 0.0777 e. The summed E-state index contributed by atoms with van der Waals surface area (Å²) < 4.78 is 0. The minimum Gasteiger partial charge on any atom is -0.0777 e. The first-order valence-electron chi connectivity index (χ1n) is 5.48. The molecule has 1 aromatic rings. The molecule has 2 rings (SSSR count). The molecule has 1 aliphatic carbocycles. The Morgan fingerprint density at radius 3 is 2.50 bits per heavy atom. The molecule has 14 heavy (non-hydrogen) atoms. The number of fused-ring (bicyclic) bond motifs is 1. The van der Waals surface area contributed by atoms with Crippen molar-refractivity contribution < 1.29 is 0 Å². The predicted octanol–water partition coefficient (Wildman–Crippen LogP) is 3.70. The summed E-state index contributed by atoms with van der Waals surface area (Å²) in [6.07, 6.45) is 3.67. The third-order valence-electron chi connectivity index (χ3n) is 3.07. The molecule has 0 heterocycles. The van der Waals surface area contributed by atoms with Crippen molar-refractivity contribution in [2.75, 3.05) is 0 Å². The van der Waals surface area contributed by atoms with Crippen molar-refractivity contribution in [3.8, 4) is 0 Å². The molecule has 0 aromatic heterocycles. The molecule has 0 N–H and O–H groups in total. The van der Waals surface area contributed by atoms with Crippen LogP contribution in [0.1, 0.15) is 25.0 Å². The molecule has 0 nitrogen and oxygen atoms in total. The van der Waals surface area contributed by atoms with Crippen molar-refractivity contribution >= 4 is 14.9 Å². The van der Waals surface area contributed by atoms with Gasteiger partial charge >= 0.3 is 0 Å². The third-order valence-corrected chi connectivity index (χ3v) is 6.01. The van der Waals surface area contributed by atoms with Crippen molar-refractivity contribution in [3.05, 3.63) is 40.6 Å². The van der Waals surface area contributed by atoms with Gasteiger partial charge in [-0.25, -0.2) is 0 Å². The van der Waals surface area contributed by atoms with E-state index in [9.17, 15) is 0 Å². The quantitative estimate of drug-likeness (QED) is 0.654. The van der Waals surface area contributed by atoms with Gasteiger partial charge in [0.15, 0.2) is 0 Å². The van der Waals surface area contributed by atoms with Crippen LogP contribution in [-0.4, -0.2) is 8.80 Å². The van der Waals surface area contributed by atoms with Gasteiger partial charge in [0.25, 0.3) is 0 Å². The summed E-state index contributed by atoms with van der Waals surface area (Å²) >= 11 is 0. The van der Waals surface area contributed by atoms with Crippen LogP contribution < -0.4 is 0 Å². The fraction of sp³-hybridized carbons (Fsp3) is 0.385. The van der Waals surface area contributed by atoms with Gasteiger partial charge in [0.1, 0.15) is 0 Å². The van der Waals surface area contributed by atoms with Gasteiger partial charge < -0.3 is 0 Å². The van der Waals surface area contributed by atoms with E-state index in [2.05, 4.69) is 44.2 Å². The summed E-state index contributed by atoms with van der Waals surface area (Å²) in [5.41, 5.74) is 3.00. The van der Waals surface area contributed by atoms with Gasteiger partial charge in [0.05, 0.1) is 8.80 Å². The van der Waals surface area contributed by atoms with Crippen molar-refractivity contribution in [2.24, 2.45) is 0 Å². The highest BCUT2D eigenvalue weighted by atomic mass is 28.3. The van der Waals surface area contributed by atoms with Crippen LogP contribution in [0.2, 0.25) is 12.1 Å². The van der Waals surface area contributed by atoms with Crippen LogP contribution >= 0.6 is 0 Å². The topological polar surface area (TPSA) is 0 Å². The first-order chi connectivity index (χ1) is 6.85. The molecule has 0 spiro atoms. The van der Waals surface area contributed by atoms with Crippen LogP contribution in [0.5, 0.6) is 0 Å². The maximum atomic E-state index is 2.44. The predicted molar refractivity (Wildman–Crippen MR) is 64.8 cm³/mol. The molecule has 0 bridgehead atoms. The minimum absolute atomic E-state index is 0.206. The number of allylic oxidation sites excluding steroid dienone is 1. The first kappa shape index (κ1) is 9.72. The van der Waals surface area contributed by atoms with Gasteiger partial charge in [0.2, 0.25) is 0 Å². The fourth-order valence-corrected chi connectivity index (χ4v) is 4.42. The van der Waals surface area contributed by atoms with E-state index in [1.54, 1.807) is 5.20 Å². The largest absolute Gasteiger partial charge is 0.0801 e. The van der Waals surface area contributed by atoms with Crippen LogP contribution in [0.4, 0.5) is 0 Å². The number of hydrogen-bond acceptors (Lipinski definition) is 0. The summed E-state index contributed by atoms with van der Waals surface area (Å²) in [5, 5.41) is 1.74. The summed E-state index contributed by atoms with van der Waals surface area (Å²) in [4.78, 5) is 0. The number of hydrogen-bond donors (Lipinski definition) is 0. The molecule has 0 saturated heterocycles. The van der Waals surface area contributed by atoms with E-state index in [0.29, 0.717) is 0 Å². The third kappa shape index (κ3) is 1.69. The Hall–Kier alpha value is -0.823. The zero-order valence-corrected chi connectivity index (χ0v) is 10.0. The second-order valence-corrected chi connectivity index (χ2v) is 7.12. The van der Waals surface area contributed by atoms with E-state index in [0.717, 1.165) is 0 Å².